The molecule has 1 heterocycles. The van der Waals surface area contributed by atoms with E-state index in [1.54, 1.807) is 0 Å². The van der Waals surface area contributed by atoms with Crippen molar-refractivity contribution in [2.45, 2.75) is 45.6 Å². The van der Waals surface area contributed by atoms with E-state index in [1.807, 2.05) is 25.1 Å². The minimum atomic E-state index is -0.857. The molecule has 0 atom stereocenters. The van der Waals surface area contributed by atoms with E-state index in [2.05, 4.69) is 10.3 Å². The van der Waals surface area contributed by atoms with Gasteiger partial charge in [0.25, 0.3) is 0 Å². The van der Waals surface area contributed by atoms with Crippen LogP contribution in [-0.2, 0) is 16.1 Å². The summed E-state index contributed by atoms with van der Waals surface area (Å²) in [5.74, 6) is -1.06. The van der Waals surface area contributed by atoms with Gasteiger partial charge in [0.1, 0.15) is 0 Å². The Hall–Kier alpha value is -1.91. The van der Waals surface area contributed by atoms with Gasteiger partial charge in [0, 0.05) is 12.1 Å². The Labute approximate surface area is 118 Å². The van der Waals surface area contributed by atoms with Crippen LogP contribution in [0.25, 0.3) is 0 Å². The number of aliphatic carboxylic acids is 1. The molecule has 5 nitrogen and oxygen atoms in total. The number of carboxylic acid groups (broad SMARTS) is 1. The molecule has 108 valence electrons. The molecule has 1 aromatic heterocycles. The predicted molar refractivity (Wildman–Crippen MR) is 74.0 cm³/mol. The molecule has 1 fully saturated rings. The van der Waals surface area contributed by atoms with Crippen molar-refractivity contribution in [2.75, 3.05) is 0 Å². The highest BCUT2D eigenvalue weighted by Gasteiger charge is 2.42. The lowest BCUT2D eigenvalue weighted by Gasteiger charge is -2.22. The highest BCUT2D eigenvalue weighted by atomic mass is 16.4. The van der Waals surface area contributed by atoms with Crippen molar-refractivity contribution in [3.8, 4) is 0 Å². The second kappa shape index (κ2) is 6.03. The van der Waals surface area contributed by atoms with Crippen molar-refractivity contribution in [1.82, 2.24) is 10.3 Å². The summed E-state index contributed by atoms with van der Waals surface area (Å²) in [6.07, 6.45) is 3.03. The molecule has 0 unspecified atom stereocenters. The van der Waals surface area contributed by atoms with E-state index in [4.69, 9.17) is 0 Å². The standard InChI is InChI=1S/C15H20N2O3/c1-11-5-4-6-12(17-11)10-16-13(18)9-15(14(19)20)7-2-3-8-15/h4-6H,2-3,7-10H2,1H3,(H,16,18)(H,19,20). The third-order valence-electron chi connectivity index (χ3n) is 3.93. The monoisotopic (exact) mass is 276 g/mol. The largest absolute Gasteiger partial charge is 0.481 e. The zero-order valence-electron chi connectivity index (χ0n) is 11.7. The van der Waals surface area contributed by atoms with Gasteiger partial charge >= 0.3 is 5.97 Å². The van der Waals surface area contributed by atoms with Crippen molar-refractivity contribution in [3.63, 3.8) is 0 Å². The molecule has 0 bridgehead atoms. The fourth-order valence-corrected chi connectivity index (χ4v) is 2.77. The Bertz CT molecular complexity index is 508. The fourth-order valence-electron chi connectivity index (χ4n) is 2.77. The number of aromatic nitrogens is 1. The summed E-state index contributed by atoms with van der Waals surface area (Å²) >= 11 is 0. The van der Waals surface area contributed by atoms with Gasteiger partial charge in [0.05, 0.1) is 17.7 Å². The first kappa shape index (κ1) is 14.5. The van der Waals surface area contributed by atoms with E-state index in [1.165, 1.54) is 0 Å². The molecule has 0 spiro atoms. The van der Waals surface area contributed by atoms with Gasteiger partial charge in [-0.25, -0.2) is 0 Å². The Kier molecular flexibility index (Phi) is 4.37. The first-order valence-corrected chi connectivity index (χ1v) is 6.94. The number of carboxylic acids is 1. The van der Waals surface area contributed by atoms with Crippen LogP contribution in [0.1, 0.15) is 43.5 Å². The van der Waals surface area contributed by atoms with E-state index in [9.17, 15) is 14.7 Å². The van der Waals surface area contributed by atoms with E-state index < -0.39 is 11.4 Å². The number of amides is 1. The molecular formula is C15H20N2O3. The molecule has 1 aliphatic carbocycles. The van der Waals surface area contributed by atoms with Gasteiger partial charge in [0.2, 0.25) is 5.91 Å². The van der Waals surface area contributed by atoms with Crippen molar-refractivity contribution in [3.05, 3.63) is 29.6 Å². The highest BCUT2D eigenvalue weighted by Crippen LogP contribution is 2.41. The van der Waals surface area contributed by atoms with Gasteiger partial charge in [-0.1, -0.05) is 18.9 Å². The maximum Gasteiger partial charge on any atom is 0.310 e. The molecule has 1 amide bonds. The fraction of sp³-hybridized carbons (Fsp3) is 0.533. The van der Waals surface area contributed by atoms with Gasteiger partial charge in [-0.05, 0) is 31.9 Å². The van der Waals surface area contributed by atoms with Crippen molar-refractivity contribution in [1.29, 1.82) is 0 Å². The average Bonchev–Trinajstić information content (AvgIpc) is 2.86. The topological polar surface area (TPSA) is 79.3 Å². The lowest BCUT2D eigenvalue weighted by molar-refractivity contribution is -0.151. The summed E-state index contributed by atoms with van der Waals surface area (Å²) in [4.78, 5) is 27.6. The van der Waals surface area contributed by atoms with Crippen LogP contribution in [0.2, 0.25) is 0 Å². The van der Waals surface area contributed by atoms with Crippen molar-refractivity contribution in [2.24, 2.45) is 5.41 Å². The smallest absolute Gasteiger partial charge is 0.310 e. The molecule has 0 aliphatic heterocycles. The summed E-state index contributed by atoms with van der Waals surface area (Å²) in [6, 6.07) is 5.62. The Balaban J connectivity index is 1.90. The summed E-state index contributed by atoms with van der Waals surface area (Å²) in [5, 5.41) is 12.1. The first-order valence-electron chi connectivity index (χ1n) is 6.94. The number of pyridine rings is 1. The van der Waals surface area contributed by atoms with Crippen LogP contribution in [0.5, 0.6) is 0 Å². The van der Waals surface area contributed by atoms with E-state index >= 15 is 0 Å². The summed E-state index contributed by atoms with van der Waals surface area (Å²) < 4.78 is 0. The Morgan fingerprint density at radius 2 is 2.05 bits per heavy atom. The van der Waals surface area contributed by atoms with Gasteiger partial charge in [-0.15, -0.1) is 0 Å². The molecule has 0 saturated heterocycles. The number of carbonyl (C=O) groups excluding carboxylic acids is 1. The van der Waals surface area contributed by atoms with E-state index in [0.29, 0.717) is 19.4 Å². The van der Waals surface area contributed by atoms with Crippen LogP contribution in [0, 0.1) is 12.3 Å². The normalized spacial score (nSPS) is 16.9. The zero-order chi connectivity index (χ0) is 14.6. The molecule has 2 rings (SSSR count). The van der Waals surface area contributed by atoms with Gasteiger partial charge in [-0.3, -0.25) is 14.6 Å². The van der Waals surface area contributed by atoms with Gasteiger partial charge in [-0.2, -0.15) is 0 Å². The predicted octanol–water partition coefficient (Wildman–Crippen LogP) is 2.04. The van der Waals surface area contributed by atoms with Gasteiger partial charge in [0.15, 0.2) is 0 Å². The number of nitrogens with zero attached hydrogens (tertiary/aromatic N) is 1. The van der Waals surface area contributed by atoms with E-state index in [-0.39, 0.29) is 12.3 Å². The molecule has 2 N–H and O–H groups in total. The average molecular weight is 276 g/mol. The molecule has 1 saturated carbocycles. The van der Waals surface area contributed by atoms with Crippen LogP contribution in [0.3, 0.4) is 0 Å². The SMILES string of the molecule is Cc1cccc(CNC(=O)CC2(C(=O)O)CCCC2)n1. The molecule has 0 aromatic carbocycles. The summed E-state index contributed by atoms with van der Waals surface area (Å²) in [6.45, 7) is 2.24. The maximum atomic E-state index is 12.0. The zero-order valence-corrected chi connectivity index (χ0v) is 11.7. The highest BCUT2D eigenvalue weighted by molar-refractivity contribution is 5.85. The molecular weight excluding hydrogens is 256 g/mol. The molecule has 20 heavy (non-hydrogen) atoms. The van der Waals surface area contributed by atoms with Crippen molar-refractivity contribution >= 4 is 11.9 Å². The van der Waals surface area contributed by atoms with Crippen molar-refractivity contribution < 1.29 is 14.7 Å². The lowest BCUT2D eigenvalue weighted by Crippen LogP contribution is -2.35. The Morgan fingerprint density at radius 1 is 1.35 bits per heavy atom. The molecule has 1 aliphatic rings. The second-order valence-corrected chi connectivity index (χ2v) is 5.52. The van der Waals surface area contributed by atoms with E-state index in [0.717, 1.165) is 24.2 Å². The van der Waals surface area contributed by atoms with Crippen LogP contribution in [-0.4, -0.2) is 22.0 Å². The number of rotatable bonds is 5. The lowest BCUT2D eigenvalue weighted by atomic mass is 9.82. The Morgan fingerprint density at radius 3 is 2.65 bits per heavy atom. The maximum absolute atomic E-state index is 12.0. The van der Waals surface area contributed by atoms with Crippen LogP contribution >= 0.6 is 0 Å². The number of hydrogen-bond donors (Lipinski definition) is 2. The third kappa shape index (κ3) is 3.35. The molecule has 1 aromatic rings. The molecule has 5 heteroatoms. The number of hydrogen-bond acceptors (Lipinski definition) is 3. The summed E-state index contributed by atoms with van der Waals surface area (Å²) in [7, 11) is 0. The molecule has 0 radical (unpaired) electrons. The number of carbonyl (C=O) groups is 2. The quantitative estimate of drug-likeness (QED) is 0.862. The van der Waals surface area contributed by atoms with Gasteiger partial charge < -0.3 is 10.4 Å². The van der Waals surface area contributed by atoms with Crippen LogP contribution in [0.4, 0.5) is 0 Å². The second-order valence-electron chi connectivity index (χ2n) is 5.52. The minimum absolute atomic E-state index is 0.0636. The number of aryl methyl sites for hydroxylation is 1. The minimum Gasteiger partial charge on any atom is -0.481 e. The van der Waals surface area contributed by atoms with Crippen LogP contribution < -0.4 is 5.32 Å². The first-order chi connectivity index (χ1) is 9.52. The number of nitrogens with one attached hydrogen (secondary N) is 1. The van der Waals surface area contributed by atoms with Crippen LogP contribution in [0.15, 0.2) is 18.2 Å². The summed E-state index contributed by atoms with van der Waals surface area (Å²) in [5.41, 5.74) is 0.827. The third-order valence-corrected chi connectivity index (χ3v) is 3.93.